The molecule has 30 heavy (non-hydrogen) atoms. The second-order valence-corrected chi connectivity index (χ2v) is 7.93. The van der Waals surface area contributed by atoms with Crippen molar-refractivity contribution in [3.63, 3.8) is 0 Å². The van der Waals surface area contributed by atoms with Gasteiger partial charge >= 0.3 is 6.09 Å². The number of piperidine rings is 1. The standard InChI is InChI=1S/C22H25N5O3/c1-22(2,3)30-21(28)27-10-8-16(9-11-27)15-29-20-7-5-4-6-18(20)26-19(14-25)17(12-23)13-24/h4-7,16,26H,8-11,15H2,1-3H3. The predicted octanol–water partition coefficient (Wildman–Crippen LogP) is 3.95. The molecule has 1 aliphatic heterocycles. The van der Waals surface area contributed by atoms with E-state index < -0.39 is 5.60 Å². The van der Waals surface area contributed by atoms with Crippen LogP contribution in [0, 0.1) is 39.9 Å². The summed E-state index contributed by atoms with van der Waals surface area (Å²) in [5.74, 6) is 0.798. The molecule has 0 saturated carbocycles. The van der Waals surface area contributed by atoms with Crippen LogP contribution in [0.2, 0.25) is 0 Å². The van der Waals surface area contributed by atoms with Gasteiger partial charge in [-0.3, -0.25) is 0 Å². The van der Waals surface area contributed by atoms with Gasteiger partial charge in [0.2, 0.25) is 0 Å². The number of nitrogens with one attached hydrogen (secondary N) is 1. The molecule has 1 aliphatic rings. The average molecular weight is 407 g/mol. The molecule has 0 aliphatic carbocycles. The molecule has 0 radical (unpaired) electrons. The molecule has 1 amide bonds. The van der Waals surface area contributed by atoms with Crippen LogP contribution in [0.1, 0.15) is 33.6 Å². The van der Waals surface area contributed by atoms with Gasteiger partial charge in [-0.2, -0.15) is 15.8 Å². The molecular formula is C22H25N5O3. The molecular weight excluding hydrogens is 382 g/mol. The number of nitrogens with zero attached hydrogens (tertiary/aromatic N) is 4. The highest BCUT2D eigenvalue weighted by Crippen LogP contribution is 2.28. The number of hydrogen-bond acceptors (Lipinski definition) is 7. The van der Waals surface area contributed by atoms with Gasteiger partial charge in [0.25, 0.3) is 0 Å². The third-order valence-electron chi connectivity index (χ3n) is 4.47. The van der Waals surface area contributed by atoms with Crippen molar-refractivity contribution < 1.29 is 14.3 Å². The van der Waals surface area contributed by atoms with Crippen molar-refractivity contribution in [2.24, 2.45) is 5.92 Å². The monoisotopic (exact) mass is 407 g/mol. The van der Waals surface area contributed by atoms with Gasteiger partial charge in [-0.15, -0.1) is 0 Å². The Morgan fingerprint density at radius 1 is 1.13 bits per heavy atom. The van der Waals surface area contributed by atoms with Crippen LogP contribution < -0.4 is 10.1 Å². The minimum Gasteiger partial charge on any atom is -0.491 e. The van der Waals surface area contributed by atoms with Crippen molar-refractivity contribution >= 4 is 11.8 Å². The van der Waals surface area contributed by atoms with Crippen LogP contribution in [0.4, 0.5) is 10.5 Å². The normalized spacial score (nSPS) is 13.9. The Hall–Kier alpha value is -3.70. The van der Waals surface area contributed by atoms with Gasteiger partial charge in [-0.1, -0.05) is 12.1 Å². The molecule has 1 aromatic rings. The fourth-order valence-electron chi connectivity index (χ4n) is 2.93. The number of para-hydroxylation sites is 2. The molecule has 1 aromatic carbocycles. The zero-order valence-electron chi connectivity index (χ0n) is 17.4. The third kappa shape index (κ3) is 6.43. The van der Waals surface area contributed by atoms with Crippen LogP contribution in [-0.4, -0.2) is 36.3 Å². The lowest BCUT2D eigenvalue weighted by Crippen LogP contribution is -2.42. The van der Waals surface area contributed by atoms with Gasteiger partial charge in [0.15, 0.2) is 5.57 Å². The number of amides is 1. The van der Waals surface area contributed by atoms with Crippen molar-refractivity contribution in [3.05, 3.63) is 35.5 Å². The van der Waals surface area contributed by atoms with Crippen LogP contribution in [0.5, 0.6) is 5.75 Å². The van der Waals surface area contributed by atoms with Crippen molar-refractivity contribution in [2.75, 3.05) is 25.0 Å². The Bertz CT molecular complexity index is 904. The van der Waals surface area contributed by atoms with Gasteiger partial charge in [-0.05, 0) is 51.7 Å². The van der Waals surface area contributed by atoms with Crippen molar-refractivity contribution in [1.82, 2.24) is 4.90 Å². The third-order valence-corrected chi connectivity index (χ3v) is 4.47. The van der Waals surface area contributed by atoms with E-state index in [0.29, 0.717) is 31.1 Å². The summed E-state index contributed by atoms with van der Waals surface area (Å²) >= 11 is 0. The molecule has 1 heterocycles. The predicted molar refractivity (Wildman–Crippen MR) is 110 cm³/mol. The number of rotatable bonds is 5. The Kier molecular flexibility index (Phi) is 7.67. The number of carbonyl (C=O) groups is 1. The maximum atomic E-state index is 12.2. The van der Waals surface area contributed by atoms with E-state index in [1.165, 1.54) is 0 Å². The molecule has 8 heteroatoms. The molecule has 0 aromatic heterocycles. The Morgan fingerprint density at radius 2 is 1.77 bits per heavy atom. The Balaban J connectivity index is 1.95. The first-order valence-electron chi connectivity index (χ1n) is 9.68. The molecule has 2 rings (SSSR count). The topological polar surface area (TPSA) is 122 Å². The van der Waals surface area contributed by atoms with Crippen LogP contribution in [0.25, 0.3) is 0 Å². The molecule has 1 saturated heterocycles. The fourth-order valence-corrected chi connectivity index (χ4v) is 2.93. The highest BCUT2D eigenvalue weighted by atomic mass is 16.6. The number of likely N-dealkylation sites (tertiary alicyclic amines) is 1. The first-order chi connectivity index (χ1) is 14.3. The molecule has 0 spiro atoms. The maximum Gasteiger partial charge on any atom is 0.410 e. The van der Waals surface area contributed by atoms with Crippen LogP contribution in [0.3, 0.4) is 0 Å². The quantitative estimate of drug-likeness (QED) is 0.733. The summed E-state index contributed by atoms with van der Waals surface area (Å²) in [7, 11) is 0. The summed E-state index contributed by atoms with van der Waals surface area (Å²) in [6.07, 6.45) is 1.30. The lowest BCUT2D eigenvalue weighted by atomic mass is 9.98. The van der Waals surface area contributed by atoms with Crippen molar-refractivity contribution in [3.8, 4) is 24.0 Å². The van der Waals surface area contributed by atoms with E-state index in [1.54, 1.807) is 41.3 Å². The lowest BCUT2D eigenvalue weighted by Gasteiger charge is -2.33. The fraction of sp³-hybridized carbons (Fsp3) is 0.455. The zero-order chi connectivity index (χ0) is 22.1. The highest BCUT2D eigenvalue weighted by molar-refractivity contribution is 5.68. The van der Waals surface area contributed by atoms with Crippen LogP contribution in [0.15, 0.2) is 35.5 Å². The first kappa shape index (κ1) is 22.6. The maximum absolute atomic E-state index is 12.2. The molecule has 1 N–H and O–H groups in total. The molecule has 0 unspecified atom stereocenters. The van der Waals surface area contributed by atoms with Crippen LogP contribution in [-0.2, 0) is 4.74 Å². The van der Waals surface area contributed by atoms with Crippen molar-refractivity contribution in [1.29, 1.82) is 15.8 Å². The summed E-state index contributed by atoms with van der Waals surface area (Å²) in [6, 6.07) is 12.3. The minimum atomic E-state index is -0.512. The van der Waals surface area contributed by atoms with Gasteiger partial charge in [0.05, 0.1) is 12.3 Å². The summed E-state index contributed by atoms with van der Waals surface area (Å²) < 4.78 is 11.4. The first-order valence-corrected chi connectivity index (χ1v) is 9.68. The SMILES string of the molecule is CC(C)(C)OC(=O)N1CCC(COc2ccccc2NC(C#N)=C(C#N)C#N)CC1. The number of nitriles is 3. The summed E-state index contributed by atoms with van der Waals surface area (Å²) in [5.41, 5.74) is -0.423. The Labute approximate surface area is 176 Å². The molecule has 0 atom stereocenters. The number of ether oxygens (including phenoxy) is 2. The van der Waals surface area contributed by atoms with Crippen molar-refractivity contribution in [2.45, 2.75) is 39.2 Å². The number of hydrogen-bond donors (Lipinski definition) is 1. The summed E-state index contributed by atoms with van der Waals surface area (Å²) in [4.78, 5) is 13.9. The van der Waals surface area contributed by atoms with Crippen LogP contribution >= 0.6 is 0 Å². The molecule has 0 bridgehead atoms. The molecule has 8 nitrogen and oxygen atoms in total. The summed E-state index contributed by atoms with van der Waals surface area (Å²) in [6.45, 7) is 7.21. The second kappa shape index (κ2) is 10.2. The number of anilines is 1. The van der Waals surface area contributed by atoms with E-state index in [0.717, 1.165) is 12.8 Å². The van der Waals surface area contributed by atoms with E-state index in [1.807, 2.05) is 26.8 Å². The number of benzene rings is 1. The smallest absolute Gasteiger partial charge is 0.410 e. The van der Waals surface area contributed by atoms with E-state index in [9.17, 15) is 10.1 Å². The van der Waals surface area contributed by atoms with Gasteiger partial charge in [-0.25, -0.2) is 4.79 Å². The second-order valence-electron chi connectivity index (χ2n) is 7.93. The lowest BCUT2D eigenvalue weighted by molar-refractivity contribution is 0.0165. The Morgan fingerprint density at radius 3 is 2.33 bits per heavy atom. The van der Waals surface area contributed by atoms with E-state index in [2.05, 4.69) is 5.32 Å². The number of allylic oxidation sites excluding steroid dienone is 2. The average Bonchev–Trinajstić information content (AvgIpc) is 2.72. The van der Waals surface area contributed by atoms with E-state index in [-0.39, 0.29) is 23.3 Å². The number of carbonyl (C=O) groups excluding carboxylic acids is 1. The summed E-state index contributed by atoms with van der Waals surface area (Å²) in [5, 5.41) is 30.0. The van der Waals surface area contributed by atoms with Gasteiger partial charge in [0, 0.05) is 13.1 Å². The molecule has 1 fully saturated rings. The minimum absolute atomic E-state index is 0.123. The molecule has 156 valence electrons. The van der Waals surface area contributed by atoms with E-state index >= 15 is 0 Å². The van der Waals surface area contributed by atoms with Gasteiger partial charge < -0.3 is 19.7 Å². The van der Waals surface area contributed by atoms with Gasteiger partial charge in [0.1, 0.15) is 35.3 Å². The van der Waals surface area contributed by atoms with E-state index in [4.69, 9.17) is 20.0 Å². The largest absolute Gasteiger partial charge is 0.491 e. The zero-order valence-corrected chi connectivity index (χ0v) is 17.4. The highest BCUT2D eigenvalue weighted by Gasteiger charge is 2.27.